The van der Waals surface area contributed by atoms with Crippen LogP contribution in [0.1, 0.15) is 5.56 Å². The lowest BCUT2D eigenvalue weighted by Crippen LogP contribution is -2.46. The minimum absolute atomic E-state index is 0.0667. The molecule has 0 aliphatic carbocycles. The van der Waals surface area contributed by atoms with E-state index in [1.165, 1.54) is 18.2 Å². The van der Waals surface area contributed by atoms with Crippen LogP contribution in [0.25, 0.3) is 0 Å². The largest absolute Gasteiger partial charge is 0.390 e. The van der Waals surface area contributed by atoms with Crippen LogP contribution in [-0.4, -0.2) is 49.9 Å². The van der Waals surface area contributed by atoms with Gasteiger partial charge in [-0.15, -0.1) is 0 Å². The number of benzene rings is 2. The van der Waals surface area contributed by atoms with Gasteiger partial charge < -0.3 is 5.11 Å². The Labute approximate surface area is 168 Å². The number of sulfonamides is 1. The van der Waals surface area contributed by atoms with Crippen LogP contribution < -0.4 is 0 Å². The lowest BCUT2D eigenvalue weighted by Gasteiger charge is -2.29. The molecule has 1 aliphatic heterocycles. The summed E-state index contributed by atoms with van der Waals surface area (Å²) in [4.78, 5) is -0.121. The van der Waals surface area contributed by atoms with Crippen LogP contribution in [0.4, 0.5) is 0 Å². The normalized spacial score (nSPS) is 22.2. The Morgan fingerprint density at radius 2 is 1.70 bits per heavy atom. The molecule has 3 rings (SSSR count). The van der Waals surface area contributed by atoms with E-state index in [9.17, 15) is 21.9 Å². The summed E-state index contributed by atoms with van der Waals surface area (Å²) >= 11 is 11.8. The second-order valence-corrected chi connectivity index (χ2v) is 11.2. The molecule has 1 aliphatic rings. The molecule has 146 valence electrons. The maximum atomic E-state index is 13.3. The molecule has 2 aromatic carbocycles. The molecule has 6 nitrogen and oxygen atoms in total. The molecule has 0 amide bonds. The molecule has 2 atom stereocenters. The third-order valence-corrected chi connectivity index (χ3v) is 8.65. The van der Waals surface area contributed by atoms with Gasteiger partial charge in [0, 0.05) is 6.54 Å². The SMILES string of the molecule is O=S1(=O)C[C@@H](O)[C@H](N(Cc2ccccc2)S(=O)(=O)c2ccc(Cl)c(Cl)c2)C1. The highest BCUT2D eigenvalue weighted by Crippen LogP contribution is 2.30. The Hall–Kier alpha value is -1.16. The molecule has 1 heterocycles. The fourth-order valence-corrected chi connectivity index (χ4v) is 6.93. The average molecular weight is 450 g/mol. The van der Waals surface area contributed by atoms with Gasteiger partial charge in [-0.25, -0.2) is 16.8 Å². The van der Waals surface area contributed by atoms with Crippen molar-refractivity contribution in [1.29, 1.82) is 0 Å². The van der Waals surface area contributed by atoms with Gasteiger partial charge >= 0.3 is 0 Å². The Bertz CT molecular complexity index is 1040. The first kappa shape index (κ1) is 20.6. The van der Waals surface area contributed by atoms with E-state index >= 15 is 0 Å². The zero-order chi connectivity index (χ0) is 19.8. The molecule has 0 radical (unpaired) electrons. The number of halogens is 2. The van der Waals surface area contributed by atoms with E-state index in [1.807, 2.05) is 0 Å². The summed E-state index contributed by atoms with van der Waals surface area (Å²) in [7, 11) is -7.68. The highest BCUT2D eigenvalue weighted by Gasteiger charge is 2.44. The van der Waals surface area contributed by atoms with Crippen LogP contribution in [0.3, 0.4) is 0 Å². The fourth-order valence-electron chi connectivity index (χ4n) is 3.00. The first-order valence-corrected chi connectivity index (χ1v) is 12.0. The van der Waals surface area contributed by atoms with Gasteiger partial charge in [0.1, 0.15) is 0 Å². The lowest BCUT2D eigenvalue weighted by atomic mass is 10.2. The van der Waals surface area contributed by atoms with Crippen LogP contribution in [0.5, 0.6) is 0 Å². The Morgan fingerprint density at radius 3 is 2.26 bits per heavy atom. The summed E-state index contributed by atoms with van der Waals surface area (Å²) in [6.07, 6.45) is -1.31. The molecule has 0 bridgehead atoms. The van der Waals surface area contributed by atoms with Crippen LogP contribution in [0, 0.1) is 0 Å². The molecule has 1 saturated heterocycles. The quantitative estimate of drug-likeness (QED) is 0.755. The van der Waals surface area contributed by atoms with Crippen molar-refractivity contribution in [1.82, 2.24) is 4.31 Å². The predicted molar refractivity (Wildman–Crippen MR) is 104 cm³/mol. The number of nitrogens with zero attached hydrogens (tertiary/aromatic N) is 1. The molecule has 2 aromatic rings. The lowest BCUT2D eigenvalue weighted by molar-refractivity contribution is 0.125. The monoisotopic (exact) mass is 449 g/mol. The first-order chi connectivity index (χ1) is 12.6. The molecule has 27 heavy (non-hydrogen) atoms. The highest BCUT2D eigenvalue weighted by atomic mass is 35.5. The molecule has 1 N–H and O–H groups in total. The average Bonchev–Trinajstić information content (AvgIpc) is 2.88. The van der Waals surface area contributed by atoms with Gasteiger partial charge in [0.25, 0.3) is 0 Å². The second kappa shape index (κ2) is 7.69. The molecule has 0 saturated carbocycles. The summed E-state index contributed by atoms with van der Waals surface area (Å²) in [5.41, 5.74) is 0.664. The van der Waals surface area contributed by atoms with Gasteiger partial charge in [-0.2, -0.15) is 4.31 Å². The van der Waals surface area contributed by atoms with Crippen LogP contribution in [0.15, 0.2) is 53.4 Å². The Kier molecular flexibility index (Phi) is 5.86. The van der Waals surface area contributed by atoms with Crippen molar-refractivity contribution in [3.63, 3.8) is 0 Å². The van der Waals surface area contributed by atoms with Crippen molar-refractivity contribution in [2.24, 2.45) is 0 Å². The summed E-state index contributed by atoms with van der Waals surface area (Å²) < 4.78 is 51.5. The van der Waals surface area contributed by atoms with E-state index in [0.717, 1.165) is 4.31 Å². The molecule has 0 aromatic heterocycles. The van der Waals surface area contributed by atoms with Crippen molar-refractivity contribution >= 4 is 43.1 Å². The molecular formula is C17H17Cl2NO5S2. The molecule has 0 spiro atoms. The summed E-state index contributed by atoms with van der Waals surface area (Å²) in [6, 6.07) is 11.5. The summed E-state index contributed by atoms with van der Waals surface area (Å²) in [6.45, 7) is -0.0827. The number of aliphatic hydroxyl groups excluding tert-OH is 1. The summed E-state index contributed by atoms with van der Waals surface area (Å²) in [5.74, 6) is -0.915. The van der Waals surface area contributed by atoms with Crippen molar-refractivity contribution in [3.05, 3.63) is 64.1 Å². The maximum absolute atomic E-state index is 13.3. The van der Waals surface area contributed by atoms with E-state index in [2.05, 4.69) is 0 Å². The first-order valence-electron chi connectivity index (χ1n) is 7.99. The van der Waals surface area contributed by atoms with Gasteiger partial charge in [-0.1, -0.05) is 53.5 Å². The molecule has 1 fully saturated rings. The Morgan fingerprint density at radius 1 is 1.04 bits per heavy atom. The zero-order valence-electron chi connectivity index (χ0n) is 14.0. The van der Waals surface area contributed by atoms with Crippen LogP contribution >= 0.6 is 23.2 Å². The number of sulfone groups is 1. The van der Waals surface area contributed by atoms with E-state index in [1.54, 1.807) is 30.3 Å². The minimum atomic E-state index is -4.14. The zero-order valence-corrected chi connectivity index (χ0v) is 17.1. The maximum Gasteiger partial charge on any atom is 0.243 e. The topological polar surface area (TPSA) is 91.8 Å². The van der Waals surface area contributed by atoms with Gasteiger partial charge in [0.15, 0.2) is 9.84 Å². The van der Waals surface area contributed by atoms with Crippen LogP contribution in [-0.2, 0) is 26.4 Å². The number of hydrogen-bond acceptors (Lipinski definition) is 5. The highest BCUT2D eigenvalue weighted by molar-refractivity contribution is 7.92. The van der Waals surface area contributed by atoms with Gasteiger partial charge in [0.05, 0.1) is 38.6 Å². The standard InChI is InChI=1S/C17H17Cl2NO5S2/c18-14-7-6-13(8-15(14)19)27(24,25)20(9-12-4-2-1-3-5-12)16-10-26(22,23)11-17(16)21/h1-8,16-17,21H,9-11H2/t16-,17-/m1/s1. The smallest absolute Gasteiger partial charge is 0.243 e. The van der Waals surface area contributed by atoms with E-state index in [-0.39, 0.29) is 21.5 Å². The number of rotatable bonds is 5. The van der Waals surface area contributed by atoms with E-state index in [4.69, 9.17) is 23.2 Å². The van der Waals surface area contributed by atoms with Gasteiger partial charge in [-0.05, 0) is 23.8 Å². The Balaban J connectivity index is 2.06. The second-order valence-electron chi connectivity index (χ2n) is 6.32. The minimum Gasteiger partial charge on any atom is -0.390 e. The summed E-state index contributed by atoms with van der Waals surface area (Å²) in [5, 5.41) is 10.5. The van der Waals surface area contributed by atoms with E-state index in [0.29, 0.717) is 5.56 Å². The van der Waals surface area contributed by atoms with Gasteiger partial charge in [0.2, 0.25) is 10.0 Å². The third-order valence-electron chi connectivity index (χ3n) is 4.34. The predicted octanol–water partition coefficient (Wildman–Crippen LogP) is 2.34. The third kappa shape index (κ3) is 4.47. The van der Waals surface area contributed by atoms with Crippen molar-refractivity contribution in [3.8, 4) is 0 Å². The van der Waals surface area contributed by atoms with E-state index < -0.39 is 43.5 Å². The molecule has 10 heteroatoms. The van der Waals surface area contributed by atoms with Crippen molar-refractivity contribution in [2.75, 3.05) is 11.5 Å². The number of aliphatic hydroxyl groups is 1. The molecule has 0 unspecified atom stereocenters. The van der Waals surface area contributed by atoms with Gasteiger partial charge in [-0.3, -0.25) is 0 Å². The van der Waals surface area contributed by atoms with Crippen molar-refractivity contribution in [2.45, 2.75) is 23.6 Å². The molecular weight excluding hydrogens is 433 g/mol. The van der Waals surface area contributed by atoms with Crippen LogP contribution in [0.2, 0.25) is 10.0 Å². The fraction of sp³-hybridized carbons (Fsp3) is 0.294. The van der Waals surface area contributed by atoms with Crippen molar-refractivity contribution < 1.29 is 21.9 Å². The number of hydrogen-bond donors (Lipinski definition) is 1.